The van der Waals surface area contributed by atoms with Crippen LogP contribution in [0.3, 0.4) is 0 Å². The Morgan fingerprint density at radius 3 is 2.96 bits per heavy atom. The number of anilines is 1. The van der Waals surface area contributed by atoms with Gasteiger partial charge in [0, 0.05) is 38.4 Å². The number of nitrogens with one attached hydrogen (secondary N) is 1. The predicted octanol–water partition coefficient (Wildman–Crippen LogP) is 1.46. The SMILES string of the molecule is N#Cc1cccnc1N1CCC(C(=O)NC[C@H]2CCCO2)CC1. The van der Waals surface area contributed by atoms with Crippen LogP contribution in [-0.4, -0.2) is 43.2 Å². The molecule has 23 heavy (non-hydrogen) atoms. The van der Waals surface area contributed by atoms with Gasteiger partial charge in [-0.15, -0.1) is 0 Å². The van der Waals surface area contributed by atoms with Crippen LogP contribution in [0.4, 0.5) is 5.82 Å². The third-order valence-electron chi connectivity index (χ3n) is 4.60. The number of nitrogens with zero attached hydrogens (tertiary/aromatic N) is 3. The lowest BCUT2D eigenvalue weighted by Crippen LogP contribution is -2.42. The van der Waals surface area contributed by atoms with Gasteiger partial charge in [-0.05, 0) is 37.8 Å². The predicted molar refractivity (Wildman–Crippen MR) is 85.9 cm³/mol. The average Bonchev–Trinajstić information content (AvgIpc) is 3.13. The van der Waals surface area contributed by atoms with E-state index < -0.39 is 0 Å². The quantitative estimate of drug-likeness (QED) is 0.910. The first-order valence-electron chi connectivity index (χ1n) is 8.27. The molecule has 1 amide bonds. The van der Waals surface area contributed by atoms with Crippen molar-refractivity contribution in [2.75, 3.05) is 31.1 Å². The molecule has 0 bridgehead atoms. The molecule has 2 fully saturated rings. The Labute approximate surface area is 136 Å². The number of ether oxygens (including phenoxy) is 1. The summed E-state index contributed by atoms with van der Waals surface area (Å²) in [5, 5.41) is 12.2. The second kappa shape index (κ2) is 7.42. The molecule has 1 N–H and O–H groups in total. The van der Waals surface area contributed by atoms with Gasteiger partial charge in [0.2, 0.25) is 5.91 Å². The maximum atomic E-state index is 12.3. The van der Waals surface area contributed by atoms with Crippen LogP contribution >= 0.6 is 0 Å². The highest BCUT2D eigenvalue weighted by molar-refractivity contribution is 5.79. The standard InChI is InChI=1S/C17H22N4O2/c18-11-14-3-1-7-19-16(14)21-8-5-13(6-9-21)17(22)20-12-15-4-2-10-23-15/h1,3,7,13,15H,2,4-6,8-10,12H2,(H,20,22)/t15-/m1/s1. The molecule has 1 atom stereocenters. The lowest BCUT2D eigenvalue weighted by atomic mass is 9.95. The number of amides is 1. The van der Waals surface area contributed by atoms with Gasteiger partial charge < -0.3 is 15.0 Å². The highest BCUT2D eigenvalue weighted by Gasteiger charge is 2.27. The summed E-state index contributed by atoms with van der Waals surface area (Å²) in [6, 6.07) is 5.73. The van der Waals surface area contributed by atoms with Crippen molar-refractivity contribution in [2.24, 2.45) is 5.92 Å². The summed E-state index contributed by atoms with van der Waals surface area (Å²) < 4.78 is 5.53. The summed E-state index contributed by atoms with van der Waals surface area (Å²) in [4.78, 5) is 18.7. The van der Waals surface area contributed by atoms with Crippen molar-refractivity contribution in [3.8, 4) is 6.07 Å². The van der Waals surface area contributed by atoms with Crippen LogP contribution in [0.1, 0.15) is 31.2 Å². The fourth-order valence-electron chi connectivity index (χ4n) is 3.25. The van der Waals surface area contributed by atoms with Crippen LogP contribution < -0.4 is 10.2 Å². The van der Waals surface area contributed by atoms with Gasteiger partial charge in [-0.25, -0.2) is 4.98 Å². The molecule has 0 saturated carbocycles. The molecule has 6 heteroatoms. The summed E-state index contributed by atoms with van der Waals surface area (Å²) in [5.74, 6) is 0.900. The maximum Gasteiger partial charge on any atom is 0.223 e. The first kappa shape index (κ1) is 15.8. The molecule has 1 aromatic heterocycles. The molecule has 0 aliphatic carbocycles. The van der Waals surface area contributed by atoms with Crippen LogP contribution in [0.5, 0.6) is 0 Å². The van der Waals surface area contributed by atoms with E-state index in [0.29, 0.717) is 12.1 Å². The Hall–Kier alpha value is -2.13. The van der Waals surface area contributed by atoms with Gasteiger partial charge in [-0.2, -0.15) is 5.26 Å². The first-order valence-corrected chi connectivity index (χ1v) is 8.27. The van der Waals surface area contributed by atoms with Gasteiger partial charge in [0.05, 0.1) is 11.7 Å². The number of nitriles is 1. The molecule has 0 spiro atoms. The molecule has 0 aromatic carbocycles. The summed E-state index contributed by atoms with van der Waals surface area (Å²) >= 11 is 0. The molecular weight excluding hydrogens is 292 g/mol. The van der Waals surface area contributed by atoms with Crippen molar-refractivity contribution in [3.05, 3.63) is 23.9 Å². The van der Waals surface area contributed by atoms with E-state index in [1.807, 2.05) is 0 Å². The van der Waals surface area contributed by atoms with Gasteiger partial charge in [-0.1, -0.05) is 0 Å². The van der Waals surface area contributed by atoms with E-state index in [2.05, 4.69) is 21.3 Å². The molecule has 6 nitrogen and oxygen atoms in total. The summed E-state index contributed by atoms with van der Waals surface area (Å²) in [6.07, 6.45) is 5.60. The summed E-state index contributed by atoms with van der Waals surface area (Å²) in [7, 11) is 0. The Balaban J connectivity index is 1.50. The second-order valence-corrected chi connectivity index (χ2v) is 6.13. The fourth-order valence-corrected chi connectivity index (χ4v) is 3.25. The van der Waals surface area contributed by atoms with E-state index in [1.165, 1.54) is 0 Å². The number of piperidine rings is 1. The van der Waals surface area contributed by atoms with Crippen molar-refractivity contribution in [2.45, 2.75) is 31.8 Å². The largest absolute Gasteiger partial charge is 0.376 e. The van der Waals surface area contributed by atoms with E-state index in [9.17, 15) is 10.1 Å². The molecule has 1 aromatic rings. The zero-order valence-corrected chi connectivity index (χ0v) is 13.2. The monoisotopic (exact) mass is 314 g/mol. The van der Waals surface area contributed by atoms with E-state index in [-0.39, 0.29) is 17.9 Å². The molecule has 122 valence electrons. The molecule has 2 aliphatic rings. The summed E-state index contributed by atoms with van der Waals surface area (Å²) in [6.45, 7) is 2.94. The Bertz CT molecular complexity index is 585. The number of hydrogen-bond donors (Lipinski definition) is 1. The van der Waals surface area contributed by atoms with Crippen LogP contribution in [0, 0.1) is 17.2 Å². The fraction of sp³-hybridized carbons (Fsp3) is 0.588. The number of carbonyl (C=O) groups excluding carboxylic acids is 1. The summed E-state index contributed by atoms with van der Waals surface area (Å²) in [5.41, 5.74) is 0.591. The van der Waals surface area contributed by atoms with E-state index >= 15 is 0 Å². The number of carbonyl (C=O) groups is 1. The third kappa shape index (κ3) is 3.80. The third-order valence-corrected chi connectivity index (χ3v) is 4.60. The molecule has 0 unspecified atom stereocenters. The minimum atomic E-state index is 0.0434. The second-order valence-electron chi connectivity index (χ2n) is 6.13. The number of aromatic nitrogens is 1. The van der Waals surface area contributed by atoms with E-state index in [0.717, 1.165) is 51.2 Å². The minimum Gasteiger partial charge on any atom is -0.376 e. The van der Waals surface area contributed by atoms with Gasteiger partial charge >= 0.3 is 0 Å². The topological polar surface area (TPSA) is 78.2 Å². The van der Waals surface area contributed by atoms with Crippen molar-refractivity contribution < 1.29 is 9.53 Å². The van der Waals surface area contributed by atoms with E-state index in [1.54, 1.807) is 18.3 Å². The zero-order valence-electron chi connectivity index (χ0n) is 13.2. The maximum absolute atomic E-state index is 12.3. The lowest BCUT2D eigenvalue weighted by molar-refractivity contribution is -0.126. The van der Waals surface area contributed by atoms with Crippen LogP contribution in [0.15, 0.2) is 18.3 Å². The van der Waals surface area contributed by atoms with Crippen LogP contribution in [0.2, 0.25) is 0 Å². The molecule has 3 rings (SSSR count). The van der Waals surface area contributed by atoms with E-state index in [4.69, 9.17) is 4.74 Å². The normalized spacial score (nSPS) is 21.9. The van der Waals surface area contributed by atoms with Crippen molar-refractivity contribution >= 4 is 11.7 Å². The molecule has 2 saturated heterocycles. The lowest BCUT2D eigenvalue weighted by Gasteiger charge is -2.32. The molecule has 2 aliphatic heterocycles. The molecule has 0 radical (unpaired) electrons. The van der Waals surface area contributed by atoms with Gasteiger partial charge in [-0.3, -0.25) is 4.79 Å². The zero-order chi connectivity index (χ0) is 16.1. The van der Waals surface area contributed by atoms with Crippen molar-refractivity contribution in [3.63, 3.8) is 0 Å². The van der Waals surface area contributed by atoms with Crippen molar-refractivity contribution in [1.29, 1.82) is 5.26 Å². The molecule has 3 heterocycles. The minimum absolute atomic E-state index is 0.0434. The Morgan fingerprint density at radius 2 is 2.26 bits per heavy atom. The first-order chi connectivity index (χ1) is 11.3. The van der Waals surface area contributed by atoms with Gasteiger partial charge in [0.1, 0.15) is 11.9 Å². The highest BCUT2D eigenvalue weighted by Crippen LogP contribution is 2.24. The number of pyridine rings is 1. The smallest absolute Gasteiger partial charge is 0.223 e. The highest BCUT2D eigenvalue weighted by atomic mass is 16.5. The van der Waals surface area contributed by atoms with Gasteiger partial charge in [0.25, 0.3) is 0 Å². The Kier molecular flexibility index (Phi) is 5.09. The molecular formula is C17H22N4O2. The number of hydrogen-bond acceptors (Lipinski definition) is 5. The van der Waals surface area contributed by atoms with Crippen LogP contribution in [-0.2, 0) is 9.53 Å². The van der Waals surface area contributed by atoms with Crippen molar-refractivity contribution in [1.82, 2.24) is 10.3 Å². The number of rotatable bonds is 4. The van der Waals surface area contributed by atoms with Gasteiger partial charge in [0.15, 0.2) is 0 Å². The Morgan fingerprint density at radius 1 is 1.43 bits per heavy atom. The van der Waals surface area contributed by atoms with Crippen LogP contribution in [0.25, 0.3) is 0 Å². The average molecular weight is 314 g/mol.